The number of benzene rings is 2. The smallest absolute Gasteiger partial charge is 0.346 e. The van der Waals surface area contributed by atoms with E-state index in [9.17, 15) is 9.59 Å². The Morgan fingerprint density at radius 3 is 2.73 bits per heavy atom. The summed E-state index contributed by atoms with van der Waals surface area (Å²) in [6.07, 6.45) is 0. The van der Waals surface area contributed by atoms with E-state index in [4.69, 9.17) is 4.74 Å². The van der Waals surface area contributed by atoms with Crippen LogP contribution >= 0.6 is 0 Å². The molecule has 1 amide bonds. The third-order valence-electron chi connectivity index (χ3n) is 3.89. The molecular weight excluding hydrogens is 330 g/mol. The number of amides is 1. The highest BCUT2D eigenvalue weighted by atomic mass is 16.5. The number of nitrogens with zero attached hydrogens (tertiary/aromatic N) is 1. The predicted octanol–water partition coefficient (Wildman–Crippen LogP) is 2.68. The van der Waals surface area contributed by atoms with E-state index in [1.165, 1.54) is 0 Å². The van der Waals surface area contributed by atoms with Crippen molar-refractivity contribution < 1.29 is 9.53 Å². The topological polar surface area (TPSA) is 84.1 Å². The largest absolute Gasteiger partial charge is 0.497 e. The molecule has 0 unspecified atom stereocenters. The summed E-state index contributed by atoms with van der Waals surface area (Å²) in [5, 5.41) is 2.81. The van der Waals surface area contributed by atoms with Crippen LogP contribution in [0.2, 0.25) is 0 Å². The summed E-state index contributed by atoms with van der Waals surface area (Å²) in [7, 11) is 1.56. The second kappa shape index (κ2) is 7.65. The van der Waals surface area contributed by atoms with E-state index in [0.717, 1.165) is 11.1 Å². The number of aromatic amines is 1. The first-order valence-corrected chi connectivity index (χ1v) is 8.15. The summed E-state index contributed by atoms with van der Waals surface area (Å²) in [5.74, 6) is 0.283. The Balaban J connectivity index is 1.82. The molecule has 0 saturated carbocycles. The Bertz CT molecular complexity index is 995. The Morgan fingerprint density at radius 1 is 1.15 bits per heavy atom. The summed E-state index contributed by atoms with van der Waals surface area (Å²) in [6.45, 7) is 2.37. The lowest BCUT2D eigenvalue weighted by Gasteiger charge is -2.08. The number of hydrogen-bond acceptors (Lipinski definition) is 4. The molecule has 26 heavy (non-hydrogen) atoms. The number of nitrogens with one attached hydrogen (secondary N) is 2. The van der Waals surface area contributed by atoms with E-state index in [2.05, 4.69) is 15.3 Å². The van der Waals surface area contributed by atoms with Crippen LogP contribution < -0.4 is 15.7 Å². The van der Waals surface area contributed by atoms with Gasteiger partial charge in [-0.3, -0.25) is 4.79 Å². The SMILES string of the molecule is COc1cccc(-c2cc(C(=O)NCc3cccc(C)c3)[nH]c(=O)n2)c1. The van der Waals surface area contributed by atoms with E-state index in [1.807, 2.05) is 31.2 Å². The molecule has 6 nitrogen and oxygen atoms in total. The number of ether oxygens (including phenoxy) is 1. The lowest BCUT2D eigenvalue weighted by molar-refractivity contribution is 0.0945. The van der Waals surface area contributed by atoms with E-state index < -0.39 is 5.69 Å². The number of methoxy groups -OCH3 is 1. The summed E-state index contributed by atoms with van der Waals surface area (Å²) >= 11 is 0. The van der Waals surface area contributed by atoms with Gasteiger partial charge in [-0.15, -0.1) is 0 Å². The highest BCUT2D eigenvalue weighted by Crippen LogP contribution is 2.21. The molecule has 1 aromatic heterocycles. The second-order valence-corrected chi connectivity index (χ2v) is 5.89. The molecule has 0 spiro atoms. The number of rotatable bonds is 5. The predicted molar refractivity (Wildman–Crippen MR) is 99.2 cm³/mol. The molecule has 2 aromatic carbocycles. The molecule has 0 radical (unpaired) electrons. The molecule has 0 aliphatic rings. The Hall–Kier alpha value is -3.41. The zero-order valence-electron chi connectivity index (χ0n) is 14.6. The summed E-state index contributed by atoms with van der Waals surface area (Å²) < 4.78 is 5.19. The van der Waals surface area contributed by atoms with Gasteiger partial charge in [-0.05, 0) is 30.7 Å². The molecule has 132 valence electrons. The molecule has 0 aliphatic carbocycles. The lowest BCUT2D eigenvalue weighted by Crippen LogP contribution is -2.27. The monoisotopic (exact) mass is 349 g/mol. The lowest BCUT2D eigenvalue weighted by atomic mass is 10.1. The van der Waals surface area contributed by atoms with E-state index >= 15 is 0 Å². The van der Waals surface area contributed by atoms with Gasteiger partial charge in [-0.1, -0.05) is 42.0 Å². The molecule has 2 N–H and O–H groups in total. The van der Waals surface area contributed by atoms with Crippen LogP contribution in [0.15, 0.2) is 59.4 Å². The quantitative estimate of drug-likeness (QED) is 0.742. The van der Waals surface area contributed by atoms with Gasteiger partial charge < -0.3 is 15.0 Å². The van der Waals surface area contributed by atoms with E-state index in [0.29, 0.717) is 23.6 Å². The van der Waals surface area contributed by atoms with Gasteiger partial charge in [-0.2, -0.15) is 4.98 Å². The zero-order valence-corrected chi connectivity index (χ0v) is 14.6. The maximum absolute atomic E-state index is 12.4. The first-order chi connectivity index (χ1) is 12.5. The minimum absolute atomic E-state index is 0.162. The van der Waals surface area contributed by atoms with E-state index in [-0.39, 0.29) is 11.6 Å². The number of carbonyl (C=O) groups is 1. The summed E-state index contributed by atoms with van der Waals surface area (Å²) in [5.41, 5.74) is 2.80. The molecule has 0 fully saturated rings. The van der Waals surface area contributed by atoms with Crippen LogP contribution in [0.25, 0.3) is 11.3 Å². The van der Waals surface area contributed by atoms with Crippen molar-refractivity contribution in [2.45, 2.75) is 13.5 Å². The van der Waals surface area contributed by atoms with Gasteiger partial charge >= 0.3 is 5.69 Å². The van der Waals surface area contributed by atoms with Crippen LogP contribution in [0, 0.1) is 6.92 Å². The third kappa shape index (κ3) is 4.16. The second-order valence-electron chi connectivity index (χ2n) is 5.89. The number of carbonyl (C=O) groups excluding carboxylic acids is 1. The average molecular weight is 349 g/mol. The Kier molecular flexibility index (Phi) is 5.12. The number of aryl methyl sites for hydroxylation is 1. The highest BCUT2D eigenvalue weighted by Gasteiger charge is 2.11. The fraction of sp³-hybridized carbons (Fsp3) is 0.150. The Labute approximate surface area is 150 Å². The van der Waals surface area contributed by atoms with Crippen LogP contribution in [-0.4, -0.2) is 23.0 Å². The van der Waals surface area contributed by atoms with Gasteiger partial charge in [0.25, 0.3) is 5.91 Å². The van der Waals surface area contributed by atoms with Crippen molar-refractivity contribution in [3.8, 4) is 17.0 Å². The summed E-state index contributed by atoms with van der Waals surface area (Å²) in [6, 6.07) is 16.6. The first kappa shape index (κ1) is 17.4. The Morgan fingerprint density at radius 2 is 1.96 bits per heavy atom. The minimum Gasteiger partial charge on any atom is -0.497 e. The molecular formula is C20H19N3O3. The molecule has 0 atom stereocenters. The fourth-order valence-corrected chi connectivity index (χ4v) is 2.61. The van der Waals surface area contributed by atoms with Crippen molar-refractivity contribution >= 4 is 5.91 Å². The van der Waals surface area contributed by atoms with Crippen LogP contribution in [0.5, 0.6) is 5.75 Å². The van der Waals surface area contributed by atoms with Crippen molar-refractivity contribution in [1.82, 2.24) is 15.3 Å². The molecule has 3 aromatic rings. The van der Waals surface area contributed by atoms with Crippen molar-refractivity contribution in [3.63, 3.8) is 0 Å². The minimum atomic E-state index is -0.578. The maximum Gasteiger partial charge on any atom is 0.346 e. The van der Waals surface area contributed by atoms with Crippen molar-refractivity contribution in [3.05, 3.63) is 81.9 Å². The zero-order chi connectivity index (χ0) is 18.5. The van der Waals surface area contributed by atoms with Gasteiger partial charge in [0.2, 0.25) is 0 Å². The summed E-state index contributed by atoms with van der Waals surface area (Å²) in [4.78, 5) is 30.7. The van der Waals surface area contributed by atoms with Crippen molar-refractivity contribution in [2.24, 2.45) is 0 Å². The van der Waals surface area contributed by atoms with Gasteiger partial charge in [0.05, 0.1) is 12.8 Å². The standard InChI is InChI=1S/C20H19N3O3/c1-13-5-3-6-14(9-13)12-21-19(24)18-11-17(22-20(25)23-18)15-7-4-8-16(10-15)26-2/h3-11H,12H2,1-2H3,(H,21,24)(H,22,23,25). The normalized spacial score (nSPS) is 10.4. The highest BCUT2D eigenvalue weighted by molar-refractivity contribution is 5.93. The maximum atomic E-state index is 12.4. The van der Waals surface area contributed by atoms with Gasteiger partial charge in [-0.25, -0.2) is 4.79 Å². The van der Waals surface area contributed by atoms with Crippen LogP contribution in [0.4, 0.5) is 0 Å². The van der Waals surface area contributed by atoms with Crippen LogP contribution in [0.1, 0.15) is 21.6 Å². The van der Waals surface area contributed by atoms with E-state index in [1.54, 1.807) is 37.4 Å². The van der Waals surface area contributed by atoms with Gasteiger partial charge in [0, 0.05) is 12.1 Å². The van der Waals surface area contributed by atoms with Crippen molar-refractivity contribution in [2.75, 3.05) is 7.11 Å². The van der Waals surface area contributed by atoms with Gasteiger partial charge in [0.15, 0.2) is 0 Å². The third-order valence-corrected chi connectivity index (χ3v) is 3.89. The number of hydrogen-bond donors (Lipinski definition) is 2. The van der Waals surface area contributed by atoms with Crippen molar-refractivity contribution in [1.29, 1.82) is 0 Å². The molecule has 6 heteroatoms. The first-order valence-electron chi connectivity index (χ1n) is 8.15. The average Bonchev–Trinajstić information content (AvgIpc) is 2.65. The molecule has 0 aliphatic heterocycles. The van der Waals surface area contributed by atoms with Crippen LogP contribution in [0.3, 0.4) is 0 Å². The number of H-pyrrole nitrogens is 1. The molecule has 1 heterocycles. The number of aromatic nitrogens is 2. The van der Waals surface area contributed by atoms with Gasteiger partial charge in [0.1, 0.15) is 11.4 Å². The molecule has 3 rings (SSSR count). The molecule has 0 bridgehead atoms. The van der Waals surface area contributed by atoms with Crippen LogP contribution in [-0.2, 0) is 6.54 Å². The molecule has 0 saturated heterocycles. The fourth-order valence-electron chi connectivity index (χ4n) is 2.61.